The fourth-order valence-corrected chi connectivity index (χ4v) is 2.82. The van der Waals surface area contributed by atoms with Crippen molar-refractivity contribution in [1.82, 2.24) is 9.88 Å². The van der Waals surface area contributed by atoms with Crippen molar-refractivity contribution in [2.45, 2.75) is 39.2 Å². The highest BCUT2D eigenvalue weighted by molar-refractivity contribution is 5.80. The molecule has 0 bridgehead atoms. The molecule has 1 aliphatic heterocycles. The Bertz CT molecular complexity index is 447. The highest BCUT2D eigenvalue weighted by atomic mass is 16.1. The quantitative estimate of drug-likeness (QED) is 0.859. The number of hydrogen-bond acceptors (Lipinski definition) is 4. The molecule has 20 heavy (non-hydrogen) atoms. The van der Waals surface area contributed by atoms with E-state index in [4.69, 9.17) is 5.73 Å². The summed E-state index contributed by atoms with van der Waals surface area (Å²) in [6.07, 6.45) is 5.68. The summed E-state index contributed by atoms with van der Waals surface area (Å²) in [5, 5.41) is 0. The fourth-order valence-electron chi connectivity index (χ4n) is 2.82. The molecule has 0 aromatic carbocycles. The fraction of sp³-hybridized carbons (Fsp3) is 0.625. The van der Waals surface area contributed by atoms with Crippen molar-refractivity contribution < 1.29 is 4.79 Å². The number of carbonyl (C=O) groups excluding carboxylic acids is 1. The second-order valence-corrected chi connectivity index (χ2v) is 5.88. The van der Waals surface area contributed by atoms with Crippen molar-refractivity contribution in [3.8, 4) is 0 Å². The van der Waals surface area contributed by atoms with Crippen LogP contribution in [0.1, 0.15) is 37.4 Å². The van der Waals surface area contributed by atoms with Gasteiger partial charge in [0.15, 0.2) is 0 Å². The lowest BCUT2D eigenvalue weighted by Crippen LogP contribution is -2.33. The minimum atomic E-state index is 0.0991. The lowest BCUT2D eigenvalue weighted by atomic mass is 10.00. The number of nitrogens with two attached hydrogens (primary N) is 1. The second-order valence-electron chi connectivity index (χ2n) is 5.88. The van der Waals surface area contributed by atoms with Crippen molar-refractivity contribution in [3.63, 3.8) is 0 Å². The molecule has 2 rings (SSSR count). The standard InChI is InChI=1S/C16H25N3O/c1-13-3-2-8-19(11-13)12-14-6-7-18-15(9-14)4-5-16(20)10-17/h6-7,9,13H,2-5,8,10-12,17H2,1H3. The number of pyridine rings is 1. The first-order valence-corrected chi connectivity index (χ1v) is 7.55. The molecule has 0 spiro atoms. The minimum absolute atomic E-state index is 0.0991. The Labute approximate surface area is 121 Å². The molecule has 110 valence electrons. The van der Waals surface area contributed by atoms with Gasteiger partial charge >= 0.3 is 0 Å². The molecule has 0 aliphatic carbocycles. The smallest absolute Gasteiger partial charge is 0.146 e. The summed E-state index contributed by atoms with van der Waals surface area (Å²) < 4.78 is 0. The Morgan fingerprint density at radius 2 is 2.40 bits per heavy atom. The number of ketones is 1. The van der Waals surface area contributed by atoms with E-state index in [1.54, 1.807) is 0 Å². The summed E-state index contributed by atoms with van der Waals surface area (Å²) in [5.41, 5.74) is 7.62. The largest absolute Gasteiger partial charge is 0.324 e. The SMILES string of the molecule is CC1CCCN(Cc2ccnc(CCC(=O)CN)c2)C1. The average Bonchev–Trinajstić information content (AvgIpc) is 2.45. The van der Waals surface area contributed by atoms with E-state index < -0.39 is 0 Å². The first-order valence-electron chi connectivity index (χ1n) is 7.55. The number of hydrogen-bond donors (Lipinski definition) is 1. The van der Waals surface area contributed by atoms with Gasteiger partial charge < -0.3 is 5.73 Å². The molecular formula is C16H25N3O. The van der Waals surface area contributed by atoms with E-state index in [-0.39, 0.29) is 12.3 Å². The Morgan fingerprint density at radius 3 is 3.15 bits per heavy atom. The maximum atomic E-state index is 11.3. The Morgan fingerprint density at radius 1 is 1.55 bits per heavy atom. The van der Waals surface area contributed by atoms with E-state index >= 15 is 0 Å². The third-order valence-electron chi connectivity index (χ3n) is 3.92. The van der Waals surface area contributed by atoms with Gasteiger partial charge in [-0.1, -0.05) is 6.92 Å². The molecule has 1 aliphatic rings. The van der Waals surface area contributed by atoms with Gasteiger partial charge in [0, 0.05) is 31.4 Å². The van der Waals surface area contributed by atoms with Gasteiger partial charge in [-0.2, -0.15) is 0 Å². The van der Waals surface area contributed by atoms with E-state index in [1.165, 1.54) is 31.5 Å². The van der Waals surface area contributed by atoms with Gasteiger partial charge in [-0.3, -0.25) is 14.7 Å². The first kappa shape index (κ1) is 15.1. The van der Waals surface area contributed by atoms with Gasteiger partial charge in [0.05, 0.1) is 6.54 Å². The Hall–Kier alpha value is -1.26. The first-order chi connectivity index (χ1) is 9.67. The van der Waals surface area contributed by atoms with Crippen LogP contribution in [0.5, 0.6) is 0 Å². The molecule has 2 N–H and O–H groups in total. The van der Waals surface area contributed by atoms with E-state index in [0.29, 0.717) is 12.8 Å². The average molecular weight is 275 g/mol. The molecule has 0 saturated carbocycles. The lowest BCUT2D eigenvalue weighted by molar-refractivity contribution is -0.117. The van der Waals surface area contributed by atoms with Gasteiger partial charge in [-0.05, 0) is 49.4 Å². The maximum absolute atomic E-state index is 11.3. The van der Waals surface area contributed by atoms with Crippen LogP contribution in [0.4, 0.5) is 0 Å². The van der Waals surface area contributed by atoms with Gasteiger partial charge in [0.25, 0.3) is 0 Å². The summed E-state index contributed by atoms with van der Waals surface area (Å²) in [5.74, 6) is 0.897. The third kappa shape index (κ3) is 4.69. The van der Waals surface area contributed by atoms with Crippen LogP contribution in [0, 0.1) is 5.92 Å². The number of aromatic nitrogens is 1. The van der Waals surface area contributed by atoms with E-state index in [2.05, 4.69) is 28.9 Å². The van der Waals surface area contributed by atoms with Gasteiger partial charge in [-0.25, -0.2) is 0 Å². The number of carbonyl (C=O) groups is 1. The summed E-state index contributed by atoms with van der Waals surface area (Å²) in [6, 6.07) is 4.20. The summed E-state index contributed by atoms with van der Waals surface area (Å²) >= 11 is 0. The van der Waals surface area contributed by atoms with Crippen molar-refractivity contribution in [1.29, 1.82) is 0 Å². The van der Waals surface area contributed by atoms with E-state index in [0.717, 1.165) is 18.2 Å². The lowest BCUT2D eigenvalue weighted by Gasteiger charge is -2.30. The maximum Gasteiger partial charge on any atom is 0.146 e. The monoisotopic (exact) mass is 275 g/mol. The molecular weight excluding hydrogens is 250 g/mol. The van der Waals surface area contributed by atoms with Crippen LogP contribution in [-0.2, 0) is 17.8 Å². The second kappa shape index (κ2) is 7.50. The number of Topliss-reactive ketones (excluding diaryl/α,β-unsaturated/α-hetero) is 1. The molecule has 0 amide bonds. The molecule has 1 saturated heterocycles. The molecule has 1 fully saturated rings. The Balaban J connectivity index is 1.90. The Kier molecular flexibility index (Phi) is 5.68. The summed E-state index contributed by atoms with van der Waals surface area (Å²) in [7, 11) is 0. The molecule has 1 aromatic rings. The van der Waals surface area contributed by atoms with Crippen LogP contribution < -0.4 is 5.73 Å². The minimum Gasteiger partial charge on any atom is -0.324 e. The van der Waals surface area contributed by atoms with Crippen LogP contribution in [-0.4, -0.2) is 35.3 Å². The predicted molar refractivity (Wildman–Crippen MR) is 80.3 cm³/mol. The number of likely N-dealkylation sites (tertiary alicyclic amines) is 1. The predicted octanol–water partition coefficient (Wildman–Crippen LogP) is 1.77. The van der Waals surface area contributed by atoms with Crippen LogP contribution in [0.2, 0.25) is 0 Å². The zero-order valence-electron chi connectivity index (χ0n) is 12.3. The number of rotatable bonds is 6. The number of piperidine rings is 1. The molecule has 4 nitrogen and oxygen atoms in total. The van der Waals surface area contributed by atoms with Crippen molar-refractivity contribution in [2.75, 3.05) is 19.6 Å². The highest BCUT2D eigenvalue weighted by Crippen LogP contribution is 2.18. The zero-order valence-corrected chi connectivity index (χ0v) is 12.3. The van der Waals surface area contributed by atoms with Gasteiger partial charge in [0.1, 0.15) is 5.78 Å². The molecule has 1 atom stereocenters. The number of aryl methyl sites for hydroxylation is 1. The van der Waals surface area contributed by atoms with Gasteiger partial charge in [-0.15, -0.1) is 0 Å². The molecule has 1 unspecified atom stereocenters. The van der Waals surface area contributed by atoms with Crippen LogP contribution in [0.15, 0.2) is 18.3 Å². The number of nitrogens with zero attached hydrogens (tertiary/aromatic N) is 2. The summed E-state index contributed by atoms with van der Waals surface area (Å²) in [4.78, 5) is 18.1. The molecule has 1 aromatic heterocycles. The van der Waals surface area contributed by atoms with Crippen LogP contribution in [0.25, 0.3) is 0 Å². The highest BCUT2D eigenvalue weighted by Gasteiger charge is 2.16. The normalized spacial score (nSPS) is 20.0. The van der Waals surface area contributed by atoms with E-state index in [1.807, 2.05) is 6.20 Å². The van der Waals surface area contributed by atoms with Gasteiger partial charge in [0.2, 0.25) is 0 Å². The van der Waals surface area contributed by atoms with Crippen LogP contribution in [0.3, 0.4) is 0 Å². The molecule has 4 heteroatoms. The molecule has 0 radical (unpaired) electrons. The van der Waals surface area contributed by atoms with Crippen molar-refractivity contribution in [3.05, 3.63) is 29.6 Å². The zero-order chi connectivity index (χ0) is 14.4. The topological polar surface area (TPSA) is 59.2 Å². The summed E-state index contributed by atoms with van der Waals surface area (Å²) in [6.45, 7) is 5.82. The van der Waals surface area contributed by atoms with Crippen molar-refractivity contribution in [2.24, 2.45) is 11.7 Å². The van der Waals surface area contributed by atoms with Crippen molar-refractivity contribution >= 4 is 5.78 Å². The third-order valence-corrected chi connectivity index (χ3v) is 3.92. The molecule has 2 heterocycles. The van der Waals surface area contributed by atoms with Crippen LogP contribution >= 0.6 is 0 Å². The van der Waals surface area contributed by atoms with E-state index in [9.17, 15) is 4.79 Å².